The maximum Gasteiger partial charge on any atom is 0.408 e. The number of likely N-dealkylation sites (N-methyl/N-ethyl adjacent to an activating group) is 1. The smallest absolute Gasteiger partial charge is 0.408 e. The lowest BCUT2D eigenvalue weighted by molar-refractivity contribution is 0.0515. The van der Waals surface area contributed by atoms with Crippen LogP contribution in [0.1, 0.15) is 27.7 Å². The molecule has 2 aromatic rings. The molecular formula is C19H26N4O3S. The van der Waals surface area contributed by atoms with Crippen molar-refractivity contribution in [3.63, 3.8) is 0 Å². The van der Waals surface area contributed by atoms with Crippen molar-refractivity contribution in [3.8, 4) is 16.5 Å². The number of ether oxygens (including phenoxy) is 2. The highest BCUT2D eigenvalue weighted by Crippen LogP contribution is 2.40. The zero-order valence-corrected chi connectivity index (χ0v) is 17.4. The van der Waals surface area contributed by atoms with Crippen LogP contribution < -0.4 is 15.0 Å². The zero-order chi connectivity index (χ0) is 20.2. The second-order valence-corrected chi connectivity index (χ2v) is 7.97. The first-order chi connectivity index (χ1) is 12.6. The van der Waals surface area contributed by atoms with E-state index >= 15 is 0 Å². The minimum atomic E-state index is -0.559. The van der Waals surface area contributed by atoms with E-state index in [1.54, 1.807) is 19.5 Å². The topological polar surface area (TPSA) is 76.6 Å². The van der Waals surface area contributed by atoms with Crippen molar-refractivity contribution in [2.45, 2.75) is 39.3 Å². The highest BCUT2D eigenvalue weighted by Gasteiger charge is 2.23. The summed E-state index contributed by atoms with van der Waals surface area (Å²) in [6.45, 7) is 11.4. The number of hydrogen-bond acceptors (Lipinski definition) is 7. The first-order valence-electron chi connectivity index (χ1n) is 8.49. The van der Waals surface area contributed by atoms with E-state index in [0.717, 1.165) is 15.6 Å². The molecule has 8 heteroatoms. The Hall–Kier alpha value is -2.61. The van der Waals surface area contributed by atoms with Gasteiger partial charge in [-0.1, -0.05) is 17.9 Å². The average Bonchev–Trinajstić information content (AvgIpc) is 3.03. The Labute approximate surface area is 164 Å². The highest BCUT2D eigenvalue weighted by molar-refractivity contribution is 7.19. The number of nitrogens with zero attached hydrogens (tertiary/aromatic N) is 3. The van der Waals surface area contributed by atoms with E-state index < -0.39 is 11.7 Å². The number of alkyl carbamates (subject to hydrolysis) is 1. The first-order valence-corrected chi connectivity index (χ1v) is 9.31. The molecule has 2 aromatic heterocycles. The van der Waals surface area contributed by atoms with E-state index in [9.17, 15) is 4.79 Å². The molecule has 1 N–H and O–H groups in total. The van der Waals surface area contributed by atoms with Crippen molar-refractivity contribution in [2.75, 3.05) is 19.1 Å². The number of amides is 1. The Balaban J connectivity index is 2.16. The second-order valence-electron chi connectivity index (χ2n) is 6.99. The maximum atomic E-state index is 12.0. The van der Waals surface area contributed by atoms with Crippen molar-refractivity contribution < 1.29 is 14.3 Å². The molecule has 0 spiro atoms. The van der Waals surface area contributed by atoms with Crippen LogP contribution in [0.3, 0.4) is 0 Å². The Morgan fingerprint density at radius 2 is 2.11 bits per heavy atom. The summed E-state index contributed by atoms with van der Waals surface area (Å²) in [5.41, 5.74) is 1.03. The predicted octanol–water partition coefficient (Wildman–Crippen LogP) is 4.08. The van der Waals surface area contributed by atoms with Gasteiger partial charge in [-0.3, -0.25) is 4.98 Å². The SMILES string of the molecule is C=C(C(C)NC(=O)OC(C)(C)C)N(C)c1sc(-c2cccnc2)nc1OC. The van der Waals surface area contributed by atoms with E-state index in [1.807, 2.05) is 51.8 Å². The van der Waals surface area contributed by atoms with Crippen LogP contribution in [-0.2, 0) is 4.74 Å². The fourth-order valence-corrected chi connectivity index (χ4v) is 3.27. The molecule has 0 bridgehead atoms. The summed E-state index contributed by atoms with van der Waals surface area (Å²) in [5.74, 6) is 0.493. The normalized spacial score (nSPS) is 12.2. The van der Waals surface area contributed by atoms with E-state index in [-0.39, 0.29) is 6.04 Å². The second kappa shape index (κ2) is 8.39. The lowest BCUT2D eigenvalue weighted by Crippen LogP contribution is -2.41. The minimum Gasteiger partial charge on any atom is -0.479 e. The summed E-state index contributed by atoms with van der Waals surface area (Å²) in [5, 5.41) is 4.38. The minimum absolute atomic E-state index is 0.335. The number of thiazole rings is 1. The van der Waals surface area contributed by atoms with Crippen molar-refractivity contribution in [1.29, 1.82) is 0 Å². The summed E-state index contributed by atoms with van der Waals surface area (Å²) < 4.78 is 10.7. The molecular weight excluding hydrogens is 364 g/mol. The number of nitrogens with one attached hydrogen (secondary N) is 1. The monoisotopic (exact) mass is 390 g/mol. The molecule has 146 valence electrons. The van der Waals surface area contributed by atoms with Gasteiger partial charge in [0.1, 0.15) is 10.6 Å². The summed E-state index contributed by atoms with van der Waals surface area (Å²) in [7, 11) is 3.43. The first kappa shape index (κ1) is 20.7. The molecule has 2 rings (SSSR count). The van der Waals surface area contributed by atoms with Crippen LogP contribution in [0.4, 0.5) is 9.80 Å². The molecule has 1 atom stereocenters. The molecule has 1 amide bonds. The summed E-state index contributed by atoms with van der Waals surface area (Å²) >= 11 is 1.46. The van der Waals surface area contributed by atoms with Gasteiger partial charge in [-0.15, -0.1) is 0 Å². The number of methoxy groups -OCH3 is 1. The van der Waals surface area contributed by atoms with Crippen molar-refractivity contribution in [1.82, 2.24) is 15.3 Å². The molecule has 0 fully saturated rings. The Morgan fingerprint density at radius 1 is 1.41 bits per heavy atom. The Kier molecular flexibility index (Phi) is 6.43. The predicted molar refractivity (Wildman–Crippen MR) is 108 cm³/mol. The van der Waals surface area contributed by atoms with Gasteiger partial charge in [0.2, 0.25) is 5.88 Å². The molecule has 0 aliphatic heterocycles. The number of hydrogen-bond donors (Lipinski definition) is 1. The molecule has 2 heterocycles. The number of carbonyl (C=O) groups is 1. The highest BCUT2D eigenvalue weighted by atomic mass is 32.1. The molecule has 0 aromatic carbocycles. The fraction of sp³-hybridized carbons (Fsp3) is 0.421. The van der Waals surface area contributed by atoms with E-state index in [2.05, 4.69) is 21.9 Å². The zero-order valence-electron chi connectivity index (χ0n) is 16.6. The van der Waals surface area contributed by atoms with Gasteiger partial charge in [-0.2, -0.15) is 4.98 Å². The molecule has 0 aliphatic carbocycles. The molecule has 0 saturated heterocycles. The van der Waals surface area contributed by atoms with Crippen LogP contribution >= 0.6 is 11.3 Å². The van der Waals surface area contributed by atoms with Crippen molar-refractivity contribution in [2.24, 2.45) is 0 Å². The number of carbonyl (C=O) groups excluding carboxylic acids is 1. The van der Waals surface area contributed by atoms with Gasteiger partial charge in [0.25, 0.3) is 0 Å². The van der Waals surface area contributed by atoms with E-state index in [1.165, 1.54) is 11.3 Å². The Morgan fingerprint density at radius 3 is 2.67 bits per heavy atom. The average molecular weight is 391 g/mol. The van der Waals surface area contributed by atoms with Gasteiger partial charge in [-0.25, -0.2) is 4.79 Å². The largest absolute Gasteiger partial charge is 0.479 e. The van der Waals surface area contributed by atoms with Crippen LogP contribution in [0.2, 0.25) is 0 Å². The molecule has 0 saturated carbocycles. The number of rotatable bonds is 6. The Bertz CT molecular complexity index is 799. The number of aromatic nitrogens is 2. The lowest BCUT2D eigenvalue weighted by atomic mass is 10.2. The number of anilines is 1. The van der Waals surface area contributed by atoms with Gasteiger partial charge in [0, 0.05) is 30.7 Å². The van der Waals surface area contributed by atoms with Gasteiger partial charge in [-0.05, 0) is 39.8 Å². The van der Waals surface area contributed by atoms with Crippen LogP contribution in [-0.4, -0.2) is 41.9 Å². The third kappa shape index (κ3) is 5.43. The molecule has 1 unspecified atom stereocenters. The third-order valence-corrected chi connectivity index (χ3v) is 4.81. The number of pyridine rings is 1. The summed E-state index contributed by atoms with van der Waals surface area (Å²) in [6, 6.07) is 3.47. The van der Waals surface area contributed by atoms with Crippen LogP contribution in [0.15, 0.2) is 36.8 Å². The molecule has 0 radical (unpaired) electrons. The quantitative estimate of drug-likeness (QED) is 0.801. The lowest BCUT2D eigenvalue weighted by Gasteiger charge is -2.27. The van der Waals surface area contributed by atoms with Crippen LogP contribution in [0.5, 0.6) is 5.88 Å². The third-order valence-electron chi connectivity index (χ3n) is 3.65. The molecule has 27 heavy (non-hydrogen) atoms. The van der Waals surface area contributed by atoms with Gasteiger partial charge in [0.05, 0.1) is 13.2 Å². The standard InChI is InChI=1S/C19H26N4O3S/c1-12(21-18(24)26-19(3,4)5)13(2)23(6)17-15(25-7)22-16(27-17)14-9-8-10-20-11-14/h8-12H,2H2,1,3-7H3,(H,21,24). The molecule has 7 nitrogen and oxygen atoms in total. The van der Waals surface area contributed by atoms with Crippen molar-refractivity contribution in [3.05, 3.63) is 36.8 Å². The van der Waals surface area contributed by atoms with Crippen LogP contribution in [0.25, 0.3) is 10.6 Å². The van der Waals surface area contributed by atoms with Gasteiger partial charge >= 0.3 is 6.09 Å². The maximum absolute atomic E-state index is 12.0. The van der Waals surface area contributed by atoms with E-state index in [0.29, 0.717) is 11.6 Å². The fourth-order valence-electron chi connectivity index (χ4n) is 2.24. The summed E-state index contributed by atoms with van der Waals surface area (Å²) in [4.78, 5) is 22.5. The van der Waals surface area contributed by atoms with E-state index in [4.69, 9.17) is 9.47 Å². The summed E-state index contributed by atoms with van der Waals surface area (Å²) in [6.07, 6.45) is 2.98. The van der Waals surface area contributed by atoms with Crippen LogP contribution in [0, 0.1) is 0 Å². The van der Waals surface area contributed by atoms with Gasteiger partial charge in [0.15, 0.2) is 5.00 Å². The molecule has 0 aliphatic rings. The van der Waals surface area contributed by atoms with Crippen molar-refractivity contribution >= 4 is 22.4 Å². The van der Waals surface area contributed by atoms with Gasteiger partial charge < -0.3 is 19.7 Å².